The molecule has 0 aromatic rings. The van der Waals surface area contributed by atoms with E-state index in [0.29, 0.717) is 13.1 Å². The van der Waals surface area contributed by atoms with E-state index in [2.05, 4.69) is 13.8 Å². The molecular formula is C11H24N2O2. The number of aliphatic carboxylic acids is 1. The standard InChI is InChI=1S/C11H24N2O2/c1-10(2,6-12)7-13(5)8-11(3,4)9(14)15/h6-8,12H2,1-5H3,(H,14,15). The molecule has 0 aliphatic rings. The number of carboxylic acids is 1. The third-order valence-corrected chi connectivity index (χ3v) is 2.49. The highest BCUT2D eigenvalue weighted by Gasteiger charge is 2.30. The largest absolute Gasteiger partial charge is 0.481 e. The van der Waals surface area contributed by atoms with Crippen LogP contribution in [-0.2, 0) is 4.79 Å². The second kappa shape index (κ2) is 4.94. The van der Waals surface area contributed by atoms with Crippen LogP contribution in [0, 0.1) is 10.8 Å². The van der Waals surface area contributed by atoms with Gasteiger partial charge in [-0.1, -0.05) is 13.8 Å². The summed E-state index contributed by atoms with van der Waals surface area (Å²) in [5.41, 5.74) is 4.96. The lowest BCUT2D eigenvalue weighted by molar-refractivity contribution is -0.148. The molecular weight excluding hydrogens is 192 g/mol. The van der Waals surface area contributed by atoms with Crippen molar-refractivity contribution < 1.29 is 9.90 Å². The fourth-order valence-electron chi connectivity index (χ4n) is 1.59. The number of carboxylic acid groups (broad SMARTS) is 1. The molecule has 4 heteroatoms. The molecule has 0 atom stereocenters. The first-order valence-electron chi connectivity index (χ1n) is 5.23. The van der Waals surface area contributed by atoms with Gasteiger partial charge in [0, 0.05) is 13.1 Å². The molecule has 0 heterocycles. The van der Waals surface area contributed by atoms with E-state index in [4.69, 9.17) is 10.8 Å². The van der Waals surface area contributed by atoms with Crippen LogP contribution in [0.2, 0.25) is 0 Å². The Labute approximate surface area is 92.4 Å². The van der Waals surface area contributed by atoms with Crippen molar-refractivity contribution in [2.24, 2.45) is 16.6 Å². The predicted octanol–water partition coefficient (Wildman–Crippen LogP) is 1.01. The van der Waals surface area contributed by atoms with Gasteiger partial charge in [0.15, 0.2) is 0 Å². The maximum atomic E-state index is 10.9. The van der Waals surface area contributed by atoms with Crippen LogP contribution in [-0.4, -0.2) is 42.7 Å². The third-order valence-electron chi connectivity index (χ3n) is 2.49. The molecule has 0 aliphatic carbocycles. The Morgan fingerprint density at radius 1 is 1.27 bits per heavy atom. The molecule has 90 valence electrons. The molecule has 3 N–H and O–H groups in total. The maximum Gasteiger partial charge on any atom is 0.310 e. The highest BCUT2D eigenvalue weighted by atomic mass is 16.4. The quantitative estimate of drug-likeness (QED) is 0.695. The van der Waals surface area contributed by atoms with Crippen molar-refractivity contribution in [1.82, 2.24) is 4.90 Å². The number of hydrogen-bond acceptors (Lipinski definition) is 3. The summed E-state index contributed by atoms with van der Waals surface area (Å²) in [6.07, 6.45) is 0. The average molecular weight is 216 g/mol. The first-order chi connectivity index (χ1) is 6.60. The molecule has 0 aromatic carbocycles. The molecule has 15 heavy (non-hydrogen) atoms. The summed E-state index contributed by atoms with van der Waals surface area (Å²) in [6.45, 7) is 9.58. The molecule has 0 amide bonds. The zero-order valence-electron chi connectivity index (χ0n) is 10.5. The van der Waals surface area contributed by atoms with Gasteiger partial charge in [-0.25, -0.2) is 0 Å². The summed E-state index contributed by atoms with van der Waals surface area (Å²) in [6, 6.07) is 0. The van der Waals surface area contributed by atoms with Gasteiger partial charge in [0.1, 0.15) is 0 Å². The van der Waals surface area contributed by atoms with E-state index in [1.165, 1.54) is 0 Å². The van der Waals surface area contributed by atoms with E-state index >= 15 is 0 Å². The number of carbonyl (C=O) groups is 1. The highest BCUT2D eigenvalue weighted by molar-refractivity contribution is 5.73. The lowest BCUT2D eigenvalue weighted by atomic mass is 9.90. The smallest absolute Gasteiger partial charge is 0.310 e. The van der Waals surface area contributed by atoms with E-state index < -0.39 is 11.4 Å². The first-order valence-corrected chi connectivity index (χ1v) is 5.23. The third kappa shape index (κ3) is 5.14. The summed E-state index contributed by atoms with van der Waals surface area (Å²) in [4.78, 5) is 13.0. The zero-order chi connectivity index (χ0) is 12.3. The maximum absolute atomic E-state index is 10.9. The van der Waals surface area contributed by atoms with Crippen LogP contribution in [0.4, 0.5) is 0 Å². The molecule has 0 bridgehead atoms. The van der Waals surface area contributed by atoms with E-state index in [1.807, 2.05) is 11.9 Å². The van der Waals surface area contributed by atoms with Gasteiger partial charge in [0.2, 0.25) is 0 Å². The van der Waals surface area contributed by atoms with Gasteiger partial charge >= 0.3 is 5.97 Å². The number of nitrogens with two attached hydrogens (primary N) is 1. The van der Waals surface area contributed by atoms with Crippen molar-refractivity contribution in [3.05, 3.63) is 0 Å². The Morgan fingerprint density at radius 2 is 1.73 bits per heavy atom. The molecule has 0 spiro atoms. The Morgan fingerprint density at radius 3 is 2.07 bits per heavy atom. The van der Waals surface area contributed by atoms with Gasteiger partial charge in [0.25, 0.3) is 0 Å². The lowest BCUT2D eigenvalue weighted by Gasteiger charge is -2.32. The number of nitrogens with zero attached hydrogens (tertiary/aromatic N) is 1. The molecule has 0 saturated heterocycles. The van der Waals surface area contributed by atoms with E-state index in [9.17, 15) is 4.79 Å². The number of rotatable bonds is 6. The summed E-state index contributed by atoms with van der Waals surface area (Å²) in [5.74, 6) is -0.764. The van der Waals surface area contributed by atoms with Gasteiger partial charge in [0.05, 0.1) is 5.41 Å². The van der Waals surface area contributed by atoms with Gasteiger partial charge in [-0.2, -0.15) is 0 Å². The Kier molecular flexibility index (Phi) is 4.74. The monoisotopic (exact) mass is 216 g/mol. The molecule has 0 aromatic heterocycles. The Hall–Kier alpha value is -0.610. The minimum Gasteiger partial charge on any atom is -0.481 e. The average Bonchev–Trinajstić information content (AvgIpc) is 2.01. The summed E-state index contributed by atoms with van der Waals surface area (Å²) in [5, 5.41) is 8.99. The Bertz CT molecular complexity index is 225. The minimum atomic E-state index is -0.764. The highest BCUT2D eigenvalue weighted by Crippen LogP contribution is 2.20. The van der Waals surface area contributed by atoms with Crippen LogP contribution < -0.4 is 5.73 Å². The normalized spacial score (nSPS) is 13.3. The van der Waals surface area contributed by atoms with Crippen molar-refractivity contribution in [3.8, 4) is 0 Å². The lowest BCUT2D eigenvalue weighted by Crippen LogP contribution is -2.43. The summed E-state index contributed by atoms with van der Waals surface area (Å²) >= 11 is 0. The SMILES string of the molecule is CN(CC(C)(C)CN)CC(C)(C)C(=O)O. The van der Waals surface area contributed by atoms with Gasteiger partial charge in [-0.05, 0) is 32.9 Å². The fraction of sp³-hybridized carbons (Fsp3) is 0.909. The minimum absolute atomic E-state index is 0.0311. The second-order valence-corrected chi connectivity index (χ2v) is 5.73. The van der Waals surface area contributed by atoms with Crippen molar-refractivity contribution in [3.63, 3.8) is 0 Å². The van der Waals surface area contributed by atoms with Gasteiger partial charge < -0.3 is 15.7 Å². The molecule has 0 unspecified atom stereocenters. The van der Waals surface area contributed by atoms with Crippen molar-refractivity contribution in [2.45, 2.75) is 27.7 Å². The molecule has 4 nitrogen and oxygen atoms in total. The topological polar surface area (TPSA) is 66.6 Å². The van der Waals surface area contributed by atoms with Crippen LogP contribution in [0.15, 0.2) is 0 Å². The molecule has 0 fully saturated rings. The van der Waals surface area contributed by atoms with Crippen LogP contribution in [0.25, 0.3) is 0 Å². The summed E-state index contributed by atoms with van der Waals surface area (Å²) in [7, 11) is 1.93. The van der Waals surface area contributed by atoms with Crippen LogP contribution in [0.5, 0.6) is 0 Å². The van der Waals surface area contributed by atoms with E-state index in [1.54, 1.807) is 13.8 Å². The van der Waals surface area contributed by atoms with Crippen LogP contribution in [0.3, 0.4) is 0 Å². The zero-order valence-corrected chi connectivity index (χ0v) is 10.5. The predicted molar refractivity (Wildman–Crippen MR) is 61.7 cm³/mol. The molecule has 0 rings (SSSR count). The first kappa shape index (κ1) is 14.4. The molecule has 0 radical (unpaired) electrons. The van der Waals surface area contributed by atoms with E-state index in [-0.39, 0.29) is 5.41 Å². The van der Waals surface area contributed by atoms with Crippen LogP contribution >= 0.6 is 0 Å². The van der Waals surface area contributed by atoms with Gasteiger partial charge in [-0.15, -0.1) is 0 Å². The Balaban J connectivity index is 4.26. The molecule has 0 aliphatic heterocycles. The van der Waals surface area contributed by atoms with Crippen LogP contribution in [0.1, 0.15) is 27.7 Å². The van der Waals surface area contributed by atoms with Crippen molar-refractivity contribution in [2.75, 3.05) is 26.7 Å². The van der Waals surface area contributed by atoms with Gasteiger partial charge in [-0.3, -0.25) is 4.79 Å². The van der Waals surface area contributed by atoms with Crippen molar-refractivity contribution in [1.29, 1.82) is 0 Å². The number of hydrogen-bond donors (Lipinski definition) is 2. The fourth-order valence-corrected chi connectivity index (χ4v) is 1.59. The molecule has 0 saturated carbocycles. The van der Waals surface area contributed by atoms with E-state index in [0.717, 1.165) is 6.54 Å². The summed E-state index contributed by atoms with van der Waals surface area (Å²) < 4.78 is 0. The second-order valence-electron chi connectivity index (χ2n) is 5.73. The van der Waals surface area contributed by atoms with Crippen molar-refractivity contribution >= 4 is 5.97 Å².